The monoisotopic (exact) mass is 510 g/mol. The Bertz CT molecular complexity index is 1140. The van der Waals surface area contributed by atoms with Crippen molar-refractivity contribution in [1.29, 1.82) is 0 Å². The van der Waals surface area contributed by atoms with E-state index in [0.717, 1.165) is 36.1 Å². The molecular formula is C23H27ClN2O5S2. The van der Waals surface area contributed by atoms with Crippen LogP contribution in [0.4, 0.5) is 5.00 Å². The highest BCUT2D eigenvalue weighted by molar-refractivity contribution is 7.89. The van der Waals surface area contributed by atoms with Crippen LogP contribution in [0.5, 0.6) is 0 Å². The fourth-order valence-corrected chi connectivity index (χ4v) is 7.35. The highest BCUT2D eigenvalue weighted by Gasteiger charge is 2.35. The maximum atomic E-state index is 13.2. The number of rotatable bonds is 6. The third kappa shape index (κ3) is 5.11. The van der Waals surface area contributed by atoms with Gasteiger partial charge >= 0.3 is 5.97 Å². The van der Waals surface area contributed by atoms with Crippen molar-refractivity contribution in [3.05, 3.63) is 45.3 Å². The number of halogens is 1. The van der Waals surface area contributed by atoms with Crippen LogP contribution < -0.4 is 5.32 Å². The van der Waals surface area contributed by atoms with Gasteiger partial charge in [-0.15, -0.1) is 11.3 Å². The molecule has 1 N–H and O–H groups in total. The van der Waals surface area contributed by atoms with E-state index in [1.807, 2.05) is 0 Å². The minimum atomic E-state index is -3.73. The fourth-order valence-electron chi connectivity index (χ4n) is 4.42. The number of carbonyl (C=O) groups excluding carboxylic acids is 2. The molecule has 1 fully saturated rings. The Balaban J connectivity index is 1.53. The zero-order valence-corrected chi connectivity index (χ0v) is 20.8. The number of carbonyl (C=O) groups is 2. The maximum Gasteiger partial charge on any atom is 0.341 e. The Morgan fingerprint density at radius 1 is 1.18 bits per heavy atom. The fraction of sp³-hybridized carbons (Fsp3) is 0.478. The van der Waals surface area contributed by atoms with Crippen molar-refractivity contribution in [3.8, 4) is 0 Å². The van der Waals surface area contributed by atoms with E-state index in [9.17, 15) is 18.0 Å². The number of benzene rings is 1. The number of nitrogens with one attached hydrogen (secondary N) is 1. The number of piperidine rings is 1. The molecular weight excluding hydrogens is 484 g/mol. The van der Waals surface area contributed by atoms with Crippen LogP contribution in [0.15, 0.2) is 29.2 Å². The van der Waals surface area contributed by atoms with Crippen molar-refractivity contribution < 1.29 is 22.7 Å². The van der Waals surface area contributed by atoms with Crippen LogP contribution in [0.1, 0.15) is 53.4 Å². The van der Waals surface area contributed by atoms with Crippen molar-refractivity contribution in [2.24, 2.45) is 5.92 Å². The van der Waals surface area contributed by atoms with Crippen LogP contribution in [-0.4, -0.2) is 44.3 Å². The molecule has 33 heavy (non-hydrogen) atoms. The van der Waals surface area contributed by atoms with Gasteiger partial charge in [0.1, 0.15) is 5.00 Å². The highest BCUT2D eigenvalue weighted by Crippen LogP contribution is 2.39. The Labute approximate surface area is 203 Å². The number of fused-ring (bicyclic) bond motifs is 1. The quantitative estimate of drug-likeness (QED) is 0.578. The molecule has 10 heteroatoms. The predicted molar refractivity (Wildman–Crippen MR) is 128 cm³/mol. The molecule has 0 saturated carbocycles. The molecule has 1 aliphatic heterocycles. The summed E-state index contributed by atoms with van der Waals surface area (Å²) in [5.41, 5.74) is 1.45. The number of hydrogen-bond donors (Lipinski definition) is 1. The summed E-state index contributed by atoms with van der Waals surface area (Å²) in [6.45, 7) is 2.47. The first kappa shape index (κ1) is 24.2. The van der Waals surface area contributed by atoms with Gasteiger partial charge < -0.3 is 10.1 Å². The summed E-state index contributed by atoms with van der Waals surface area (Å²) >= 11 is 7.32. The van der Waals surface area contributed by atoms with E-state index in [0.29, 0.717) is 35.0 Å². The first-order chi connectivity index (χ1) is 15.8. The average molecular weight is 511 g/mol. The Kier molecular flexibility index (Phi) is 7.43. The van der Waals surface area contributed by atoms with Crippen LogP contribution in [0.25, 0.3) is 0 Å². The van der Waals surface area contributed by atoms with Gasteiger partial charge in [0.2, 0.25) is 15.9 Å². The molecule has 2 heterocycles. The third-order valence-corrected chi connectivity index (χ3v) is 9.43. The lowest BCUT2D eigenvalue weighted by molar-refractivity contribution is -0.120. The van der Waals surface area contributed by atoms with Crippen molar-refractivity contribution in [2.75, 3.05) is 25.0 Å². The molecule has 1 aliphatic carbocycles. The van der Waals surface area contributed by atoms with Gasteiger partial charge in [0.15, 0.2) is 0 Å². The Morgan fingerprint density at radius 3 is 2.64 bits per heavy atom. The van der Waals surface area contributed by atoms with E-state index >= 15 is 0 Å². The van der Waals surface area contributed by atoms with Gasteiger partial charge in [-0.3, -0.25) is 4.79 Å². The molecule has 1 aromatic carbocycles. The van der Waals surface area contributed by atoms with E-state index in [2.05, 4.69) is 5.32 Å². The molecule has 0 bridgehead atoms. The number of aryl methyl sites for hydroxylation is 1. The van der Waals surface area contributed by atoms with Crippen LogP contribution in [-0.2, 0) is 32.4 Å². The molecule has 0 radical (unpaired) electrons. The SMILES string of the molecule is CCOC(=O)c1c(NC(=O)C2CCCN(S(=O)(=O)c3ccc(Cl)cc3)C2)sc2c1CCCC2. The molecule has 0 spiro atoms. The van der Waals surface area contributed by atoms with Crippen LogP contribution in [0, 0.1) is 5.92 Å². The van der Waals surface area contributed by atoms with Gasteiger partial charge in [0.05, 0.1) is 23.0 Å². The lowest BCUT2D eigenvalue weighted by atomic mass is 9.95. The first-order valence-electron chi connectivity index (χ1n) is 11.2. The standard InChI is InChI=1S/C23H27ClN2O5S2/c1-2-31-23(28)20-18-7-3-4-8-19(18)32-22(20)25-21(27)15-6-5-13-26(14-15)33(29,30)17-11-9-16(24)10-12-17/h9-12,15H,2-8,13-14H2,1H3,(H,25,27). The number of anilines is 1. The highest BCUT2D eigenvalue weighted by atomic mass is 35.5. The molecule has 1 unspecified atom stereocenters. The van der Waals surface area contributed by atoms with Crippen molar-refractivity contribution >= 4 is 49.8 Å². The predicted octanol–water partition coefficient (Wildman–Crippen LogP) is 4.50. The number of esters is 1. The topological polar surface area (TPSA) is 92.8 Å². The van der Waals surface area contributed by atoms with Gasteiger partial charge in [-0.2, -0.15) is 4.31 Å². The molecule has 1 amide bonds. The second-order valence-corrected chi connectivity index (χ2v) is 11.8. The second-order valence-electron chi connectivity index (χ2n) is 8.28. The van der Waals surface area contributed by atoms with Crippen molar-refractivity contribution in [2.45, 2.75) is 50.3 Å². The molecule has 1 aromatic heterocycles. The molecule has 1 atom stereocenters. The molecule has 7 nitrogen and oxygen atoms in total. The summed E-state index contributed by atoms with van der Waals surface area (Å²) < 4.78 is 32.7. The van der Waals surface area contributed by atoms with Crippen LogP contribution in [0.3, 0.4) is 0 Å². The third-order valence-electron chi connectivity index (χ3n) is 6.09. The zero-order valence-electron chi connectivity index (χ0n) is 18.4. The number of thiophene rings is 1. The number of nitrogens with zero attached hydrogens (tertiary/aromatic N) is 1. The van der Waals surface area contributed by atoms with Crippen molar-refractivity contribution in [3.63, 3.8) is 0 Å². The van der Waals surface area contributed by atoms with Crippen LogP contribution >= 0.6 is 22.9 Å². The van der Waals surface area contributed by atoms with Gasteiger partial charge in [-0.1, -0.05) is 11.6 Å². The minimum Gasteiger partial charge on any atom is -0.462 e. The average Bonchev–Trinajstić information content (AvgIpc) is 3.17. The Hall–Kier alpha value is -1.94. The lowest BCUT2D eigenvalue weighted by Crippen LogP contribution is -2.43. The largest absolute Gasteiger partial charge is 0.462 e. The summed E-state index contributed by atoms with van der Waals surface area (Å²) in [5.74, 6) is -1.19. The number of amides is 1. The number of ether oxygens (including phenoxy) is 1. The summed E-state index contributed by atoms with van der Waals surface area (Å²) in [6, 6.07) is 6.03. The number of hydrogen-bond acceptors (Lipinski definition) is 6. The van der Waals surface area contributed by atoms with Gasteiger partial charge in [0.25, 0.3) is 0 Å². The molecule has 1 saturated heterocycles. The molecule has 2 aromatic rings. The van der Waals surface area contributed by atoms with Crippen molar-refractivity contribution in [1.82, 2.24) is 4.31 Å². The summed E-state index contributed by atoms with van der Waals surface area (Å²) in [4.78, 5) is 27.1. The minimum absolute atomic E-state index is 0.0939. The summed E-state index contributed by atoms with van der Waals surface area (Å²) in [6.07, 6.45) is 4.91. The first-order valence-corrected chi connectivity index (χ1v) is 13.8. The molecule has 2 aliphatic rings. The smallest absolute Gasteiger partial charge is 0.341 e. The molecule has 4 rings (SSSR count). The van der Waals surface area contributed by atoms with E-state index < -0.39 is 21.9 Å². The lowest BCUT2D eigenvalue weighted by Gasteiger charge is -2.31. The number of sulfonamides is 1. The second kappa shape index (κ2) is 10.1. The van der Waals surface area contributed by atoms with E-state index in [4.69, 9.17) is 16.3 Å². The normalized spacial score (nSPS) is 19.0. The van der Waals surface area contributed by atoms with Gasteiger partial charge in [-0.25, -0.2) is 13.2 Å². The maximum absolute atomic E-state index is 13.2. The zero-order chi connectivity index (χ0) is 23.6. The van der Waals surface area contributed by atoms with E-state index in [-0.39, 0.29) is 24.0 Å². The summed E-state index contributed by atoms with van der Waals surface area (Å²) in [7, 11) is -3.73. The Morgan fingerprint density at radius 2 is 1.91 bits per heavy atom. The summed E-state index contributed by atoms with van der Waals surface area (Å²) in [5, 5.41) is 3.91. The van der Waals surface area contributed by atoms with E-state index in [1.165, 1.54) is 39.9 Å². The van der Waals surface area contributed by atoms with Gasteiger partial charge in [-0.05, 0) is 75.3 Å². The van der Waals surface area contributed by atoms with E-state index in [1.54, 1.807) is 6.92 Å². The molecule has 178 valence electrons. The van der Waals surface area contributed by atoms with Gasteiger partial charge in [0, 0.05) is 23.0 Å². The van der Waals surface area contributed by atoms with Crippen LogP contribution in [0.2, 0.25) is 5.02 Å².